The maximum atomic E-state index is 4.64. The molecule has 1 atom stereocenters. The second kappa shape index (κ2) is 5.91. The van der Waals surface area contributed by atoms with Gasteiger partial charge in [-0.05, 0) is 62.3 Å². The smallest absolute Gasteiger partial charge is 0.161 e. The average molecular weight is 301 g/mol. The van der Waals surface area contributed by atoms with Gasteiger partial charge < -0.3 is 10.2 Å². The number of benzene rings is 1. The van der Waals surface area contributed by atoms with Crippen LogP contribution in [-0.2, 0) is 0 Å². The molecule has 112 valence electrons. The number of nitrogens with zero attached hydrogens (tertiary/aromatic N) is 2. The fourth-order valence-electron chi connectivity index (χ4n) is 3.20. The number of aliphatic imine (C=N–C) groups is 1. The molecule has 0 aromatic heterocycles. The van der Waals surface area contributed by atoms with Crippen LogP contribution in [0.5, 0.6) is 0 Å². The number of hydrogen-bond donors (Lipinski definition) is 1. The first-order valence-electron chi connectivity index (χ1n) is 8.22. The van der Waals surface area contributed by atoms with Crippen molar-refractivity contribution in [2.45, 2.75) is 37.4 Å². The largest absolute Gasteiger partial charge is 0.372 e. The summed E-state index contributed by atoms with van der Waals surface area (Å²) in [7, 11) is 0. The van der Waals surface area contributed by atoms with E-state index in [-0.39, 0.29) is 0 Å². The fraction of sp³-hybridized carbons (Fsp3) is 0.588. The van der Waals surface area contributed by atoms with Crippen LogP contribution in [0, 0.1) is 5.92 Å². The maximum absolute atomic E-state index is 4.64. The summed E-state index contributed by atoms with van der Waals surface area (Å²) < 4.78 is 0. The topological polar surface area (TPSA) is 27.6 Å². The molecule has 3 nitrogen and oxygen atoms in total. The molecule has 1 aliphatic carbocycles. The van der Waals surface area contributed by atoms with Crippen LogP contribution in [0.3, 0.4) is 0 Å². The summed E-state index contributed by atoms with van der Waals surface area (Å²) in [5.41, 5.74) is 2.52. The van der Waals surface area contributed by atoms with Gasteiger partial charge in [-0.3, -0.25) is 4.99 Å². The number of rotatable bonds is 3. The summed E-state index contributed by atoms with van der Waals surface area (Å²) in [5, 5.41) is 5.32. The predicted molar refractivity (Wildman–Crippen MR) is 92.5 cm³/mol. The van der Waals surface area contributed by atoms with E-state index in [1.807, 2.05) is 11.8 Å². The SMILES string of the molecule is c1cc(N2CCCCC2)ccc1NC1=NCC(C2CC2)S1. The van der Waals surface area contributed by atoms with Crippen molar-refractivity contribution >= 4 is 28.3 Å². The lowest BCUT2D eigenvalue weighted by Gasteiger charge is -2.28. The minimum absolute atomic E-state index is 0.736. The molecule has 1 saturated heterocycles. The van der Waals surface area contributed by atoms with Gasteiger partial charge in [0.2, 0.25) is 0 Å². The summed E-state index contributed by atoms with van der Waals surface area (Å²) in [6, 6.07) is 8.87. The normalized spacial score (nSPS) is 25.8. The summed E-state index contributed by atoms with van der Waals surface area (Å²) in [6.45, 7) is 3.42. The molecule has 3 aliphatic rings. The Balaban J connectivity index is 1.35. The van der Waals surface area contributed by atoms with Crippen LogP contribution in [-0.4, -0.2) is 30.1 Å². The Morgan fingerprint density at radius 1 is 1.05 bits per heavy atom. The van der Waals surface area contributed by atoms with Crippen molar-refractivity contribution < 1.29 is 0 Å². The molecule has 21 heavy (non-hydrogen) atoms. The Morgan fingerprint density at radius 2 is 1.81 bits per heavy atom. The number of amidine groups is 1. The number of thioether (sulfide) groups is 1. The number of piperidine rings is 1. The van der Waals surface area contributed by atoms with Gasteiger partial charge in [0.15, 0.2) is 5.17 Å². The first-order valence-corrected chi connectivity index (χ1v) is 9.09. The van der Waals surface area contributed by atoms with Gasteiger partial charge >= 0.3 is 0 Å². The molecule has 1 saturated carbocycles. The molecule has 0 amide bonds. The van der Waals surface area contributed by atoms with E-state index in [1.165, 1.54) is 56.6 Å². The third-order valence-corrected chi connectivity index (χ3v) is 5.96. The number of hydrogen-bond acceptors (Lipinski definition) is 4. The Kier molecular flexibility index (Phi) is 3.80. The molecule has 0 radical (unpaired) electrons. The molecule has 4 rings (SSSR count). The molecule has 2 aliphatic heterocycles. The van der Waals surface area contributed by atoms with E-state index in [0.29, 0.717) is 0 Å². The summed E-state index contributed by atoms with van der Waals surface area (Å²) in [5.74, 6) is 0.930. The van der Waals surface area contributed by atoms with Crippen LogP contribution in [0.4, 0.5) is 11.4 Å². The third-order valence-electron chi connectivity index (χ3n) is 4.67. The molecule has 0 spiro atoms. The molecule has 0 bridgehead atoms. The average Bonchev–Trinajstić information content (AvgIpc) is 3.29. The summed E-state index contributed by atoms with van der Waals surface area (Å²) in [6.07, 6.45) is 6.86. The van der Waals surface area contributed by atoms with Gasteiger partial charge in [0, 0.05) is 29.7 Å². The highest BCUT2D eigenvalue weighted by Crippen LogP contribution is 2.42. The molecular weight excluding hydrogens is 278 g/mol. The Morgan fingerprint density at radius 3 is 2.52 bits per heavy atom. The van der Waals surface area contributed by atoms with Crippen molar-refractivity contribution in [2.24, 2.45) is 10.9 Å². The van der Waals surface area contributed by atoms with E-state index in [4.69, 9.17) is 0 Å². The summed E-state index contributed by atoms with van der Waals surface area (Å²) >= 11 is 1.94. The van der Waals surface area contributed by atoms with Crippen LogP contribution in [0.1, 0.15) is 32.1 Å². The van der Waals surface area contributed by atoms with Gasteiger partial charge in [-0.1, -0.05) is 11.8 Å². The monoisotopic (exact) mass is 301 g/mol. The molecule has 1 unspecified atom stereocenters. The van der Waals surface area contributed by atoms with Crippen LogP contribution < -0.4 is 10.2 Å². The van der Waals surface area contributed by atoms with Gasteiger partial charge in [0.1, 0.15) is 0 Å². The van der Waals surface area contributed by atoms with E-state index < -0.39 is 0 Å². The van der Waals surface area contributed by atoms with Crippen molar-refractivity contribution in [2.75, 3.05) is 29.9 Å². The van der Waals surface area contributed by atoms with Crippen LogP contribution >= 0.6 is 11.8 Å². The van der Waals surface area contributed by atoms with Crippen molar-refractivity contribution in [3.8, 4) is 0 Å². The van der Waals surface area contributed by atoms with Gasteiger partial charge in [-0.25, -0.2) is 0 Å². The van der Waals surface area contributed by atoms with Crippen molar-refractivity contribution in [1.29, 1.82) is 0 Å². The third kappa shape index (κ3) is 3.20. The van der Waals surface area contributed by atoms with Crippen LogP contribution in [0.2, 0.25) is 0 Å². The second-order valence-corrected chi connectivity index (χ2v) is 7.59. The lowest BCUT2D eigenvalue weighted by molar-refractivity contribution is 0.578. The van der Waals surface area contributed by atoms with E-state index in [2.05, 4.69) is 39.5 Å². The second-order valence-electron chi connectivity index (χ2n) is 6.36. The van der Waals surface area contributed by atoms with E-state index in [1.54, 1.807) is 0 Å². The van der Waals surface area contributed by atoms with Gasteiger partial charge in [-0.15, -0.1) is 0 Å². The lowest BCUT2D eigenvalue weighted by atomic mass is 10.1. The van der Waals surface area contributed by atoms with Crippen molar-refractivity contribution in [3.05, 3.63) is 24.3 Å². The lowest BCUT2D eigenvalue weighted by Crippen LogP contribution is -2.29. The number of anilines is 2. The maximum Gasteiger partial charge on any atom is 0.161 e. The van der Waals surface area contributed by atoms with E-state index in [9.17, 15) is 0 Å². The fourth-order valence-corrected chi connectivity index (χ4v) is 4.43. The molecule has 4 heteroatoms. The van der Waals surface area contributed by atoms with E-state index >= 15 is 0 Å². The Bertz CT molecular complexity index is 515. The Hall–Kier alpha value is -1.16. The molecule has 1 N–H and O–H groups in total. The van der Waals surface area contributed by atoms with Gasteiger partial charge in [0.25, 0.3) is 0 Å². The molecule has 1 aromatic carbocycles. The quantitative estimate of drug-likeness (QED) is 0.915. The van der Waals surface area contributed by atoms with Crippen molar-refractivity contribution in [3.63, 3.8) is 0 Å². The van der Waals surface area contributed by atoms with Gasteiger partial charge in [0.05, 0.1) is 6.54 Å². The predicted octanol–water partition coefficient (Wildman–Crippen LogP) is 3.97. The van der Waals surface area contributed by atoms with Crippen LogP contribution in [0.15, 0.2) is 29.3 Å². The zero-order chi connectivity index (χ0) is 14.1. The summed E-state index contributed by atoms with van der Waals surface area (Å²) in [4.78, 5) is 7.14. The Labute approximate surface area is 131 Å². The van der Waals surface area contributed by atoms with E-state index in [0.717, 1.165) is 22.9 Å². The minimum Gasteiger partial charge on any atom is -0.372 e. The first-order chi connectivity index (χ1) is 10.4. The van der Waals surface area contributed by atoms with Crippen LogP contribution in [0.25, 0.3) is 0 Å². The molecule has 2 heterocycles. The molecule has 2 fully saturated rings. The zero-order valence-corrected chi connectivity index (χ0v) is 13.2. The van der Waals surface area contributed by atoms with Gasteiger partial charge in [-0.2, -0.15) is 0 Å². The highest BCUT2D eigenvalue weighted by atomic mass is 32.2. The highest BCUT2D eigenvalue weighted by molar-refractivity contribution is 8.15. The standard InChI is InChI=1S/C17H23N3S/c1-2-10-20(11-3-1)15-8-6-14(7-9-15)19-17-18-12-16(21-17)13-4-5-13/h6-9,13,16H,1-5,10-12H2,(H,18,19). The zero-order valence-electron chi connectivity index (χ0n) is 12.4. The first kappa shape index (κ1) is 13.5. The molecular formula is C17H23N3S. The number of nitrogens with one attached hydrogen (secondary N) is 1. The van der Waals surface area contributed by atoms with Crippen molar-refractivity contribution in [1.82, 2.24) is 0 Å². The minimum atomic E-state index is 0.736. The molecule has 1 aromatic rings. The highest BCUT2D eigenvalue weighted by Gasteiger charge is 2.35.